The molecule has 0 atom stereocenters. The average Bonchev–Trinajstić information content (AvgIpc) is 2.92. The van der Waals surface area contributed by atoms with E-state index in [-0.39, 0.29) is 18.2 Å². The first-order chi connectivity index (χ1) is 18.1. The van der Waals surface area contributed by atoms with Crippen molar-refractivity contribution in [3.8, 4) is 5.75 Å². The quantitative estimate of drug-likeness (QED) is 0.191. The zero-order valence-electron chi connectivity index (χ0n) is 21.3. The highest BCUT2D eigenvalue weighted by atomic mass is 35.5. The van der Waals surface area contributed by atoms with E-state index in [1.807, 2.05) is 30.3 Å². The number of para-hydroxylation sites is 1. The molecule has 8 nitrogen and oxygen atoms in total. The van der Waals surface area contributed by atoms with Gasteiger partial charge in [-0.1, -0.05) is 60.2 Å². The summed E-state index contributed by atoms with van der Waals surface area (Å²) in [5.41, 5.74) is 6.97. The van der Waals surface area contributed by atoms with E-state index in [9.17, 15) is 5.11 Å². The molecule has 1 aromatic heterocycles. The summed E-state index contributed by atoms with van der Waals surface area (Å²) in [5, 5.41) is 17.5. The van der Waals surface area contributed by atoms with Crippen LogP contribution >= 0.6 is 12.4 Å². The first-order valence-electron chi connectivity index (χ1n) is 12.6. The molecule has 1 fully saturated rings. The standard InChI is InChI=1S/C29H31N7O.ClH/c1-21-11-13-25(14-12-21)31-27-32-28(35-30-20-24-9-5-6-10-26(24)37)34-29(33-27)36-17-15-23(16-18-36)19-22-7-3-2-4-8-22;/h2-14,20,23,37H,15-19H2,1H3,(H2,31,32,33,34,35);1H/b30-20+;. The number of benzene rings is 3. The molecule has 3 aromatic carbocycles. The summed E-state index contributed by atoms with van der Waals surface area (Å²) >= 11 is 0. The third-order valence-electron chi connectivity index (χ3n) is 6.50. The van der Waals surface area contributed by atoms with E-state index in [1.165, 1.54) is 11.1 Å². The molecule has 4 aromatic rings. The molecule has 0 aliphatic carbocycles. The number of phenols is 1. The molecule has 0 spiro atoms. The first kappa shape index (κ1) is 26.9. The summed E-state index contributed by atoms with van der Waals surface area (Å²) in [6.45, 7) is 3.81. The molecule has 1 saturated heterocycles. The van der Waals surface area contributed by atoms with Gasteiger partial charge < -0.3 is 15.3 Å². The largest absolute Gasteiger partial charge is 0.507 e. The second-order valence-corrected chi connectivity index (χ2v) is 9.32. The van der Waals surface area contributed by atoms with Crippen molar-refractivity contribution in [3.63, 3.8) is 0 Å². The van der Waals surface area contributed by atoms with Gasteiger partial charge in [0.2, 0.25) is 17.8 Å². The van der Waals surface area contributed by atoms with Crippen LogP contribution in [0.15, 0.2) is 84.0 Å². The van der Waals surface area contributed by atoms with Crippen molar-refractivity contribution < 1.29 is 5.11 Å². The monoisotopic (exact) mass is 529 g/mol. The van der Waals surface area contributed by atoms with Gasteiger partial charge in [0.15, 0.2) is 0 Å². The lowest BCUT2D eigenvalue weighted by Crippen LogP contribution is -2.35. The van der Waals surface area contributed by atoms with Crippen LogP contribution in [0.25, 0.3) is 0 Å². The van der Waals surface area contributed by atoms with Crippen molar-refractivity contribution in [3.05, 3.63) is 95.6 Å². The Bertz CT molecular complexity index is 1340. The number of nitrogens with zero attached hydrogens (tertiary/aromatic N) is 5. The summed E-state index contributed by atoms with van der Waals surface area (Å²) in [7, 11) is 0. The fraction of sp³-hybridized carbons (Fsp3) is 0.241. The van der Waals surface area contributed by atoms with Gasteiger partial charge >= 0.3 is 0 Å². The highest BCUT2D eigenvalue weighted by Crippen LogP contribution is 2.26. The van der Waals surface area contributed by atoms with E-state index in [1.54, 1.807) is 24.4 Å². The number of anilines is 4. The number of piperidine rings is 1. The van der Waals surface area contributed by atoms with Gasteiger partial charge in [-0.3, -0.25) is 0 Å². The number of nitrogens with one attached hydrogen (secondary N) is 2. The number of hydrogen-bond donors (Lipinski definition) is 3. The molecule has 0 radical (unpaired) electrons. The minimum absolute atomic E-state index is 0. The van der Waals surface area contributed by atoms with E-state index in [0.29, 0.717) is 29.3 Å². The predicted octanol–water partition coefficient (Wildman–Crippen LogP) is 5.96. The number of aromatic nitrogens is 3. The van der Waals surface area contributed by atoms with Crippen LogP contribution in [-0.2, 0) is 6.42 Å². The highest BCUT2D eigenvalue weighted by molar-refractivity contribution is 5.85. The van der Waals surface area contributed by atoms with Crippen LogP contribution in [0.2, 0.25) is 0 Å². The molecular weight excluding hydrogens is 498 g/mol. The second-order valence-electron chi connectivity index (χ2n) is 9.32. The van der Waals surface area contributed by atoms with Gasteiger partial charge in [0.05, 0.1) is 6.21 Å². The Labute approximate surface area is 229 Å². The summed E-state index contributed by atoms with van der Waals surface area (Å²) in [5.74, 6) is 2.19. The minimum Gasteiger partial charge on any atom is -0.507 e. The van der Waals surface area contributed by atoms with Crippen molar-refractivity contribution >= 4 is 42.2 Å². The van der Waals surface area contributed by atoms with Gasteiger partial charge in [0.25, 0.3) is 0 Å². The van der Waals surface area contributed by atoms with E-state index >= 15 is 0 Å². The summed E-state index contributed by atoms with van der Waals surface area (Å²) < 4.78 is 0. The summed E-state index contributed by atoms with van der Waals surface area (Å²) in [6, 6.07) is 25.8. The predicted molar refractivity (Wildman–Crippen MR) is 156 cm³/mol. The molecule has 1 aliphatic rings. The summed E-state index contributed by atoms with van der Waals surface area (Å²) in [4.78, 5) is 16.1. The molecule has 38 heavy (non-hydrogen) atoms. The van der Waals surface area contributed by atoms with Gasteiger partial charge in [-0.05, 0) is 61.9 Å². The Kier molecular flexibility index (Phi) is 9.11. The Hall–Kier alpha value is -4.17. The minimum atomic E-state index is 0. The third kappa shape index (κ3) is 7.20. The number of phenolic OH excluding ortho intramolecular Hbond substituents is 1. The van der Waals surface area contributed by atoms with Crippen LogP contribution in [0.4, 0.5) is 23.5 Å². The Balaban J connectivity index is 0.00000336. The molecule has 0 saturated carbocycles. The molecule has 196 valence electrons. The van der Waals surface area contributed by atoms with Gasteiger partial charge in [0.1, 0.15) is 5.75 Å². The number of hydrazone groups is 1. The van der Waals surface area contributed by atoms with Crippen molar-refractivity contribution in [2.45, 2.75) is 26.2 Å². The number of aromatic hydroxyl groups is 1. The lowest BCUT2D eigenvalue weighted by molar-refractivity contribution is 0.400. The third-order valence-corrected chi connectivity index (χ3v) is 6.50. The van der Waals surface area contributed by atoms with Crippen LogP contribution in [0.5, 0.6) is 5.75 Å². The van der Waals surface area contributed by atoms with E-state index in [4.69, 9.17) is 4.98 Å². The maximum absolute atomic E-state index is 9.99. The molecule has 1 aliphatic heterocycles. The lowest BCUT2D eigenvalue weighted by atomic mass is 9.90. The average molecular weight is 530 g/mol. The Morgan fingerprint density at radius 3 is 2.32 bits per heavy atom. The van der Waals surface area contributed by atoms with Crippen molar-refractivity contribution in [2.75, 3.05) is 28.7 Å². The van der Waals surface area contributed by atoms with Crippen molar-refractivity contribution in [1.29, 1.82) is 0 Å². The number of hydrogen-bond acceptors (Lipinski definition) is 8. The Morgan fingerprint density at radius 2 is 1.58 bits per heavy atom. The normalized spacial score (nSPS) is 13.8. The lowest BCUT2D eigenvalue weighted by Gasteiger charge is -2.32. The molecule has 2 heterocycles. The van der Waals surface area contributed by atoms with Crippen LogP contribution in [0.3, 0.4) is 0 Å². The van der Waals surface area contributed by atoms with Gasteiger partial charge in [-0.25, -0.2) is 5.43 Å². The molecule has 0 bridgehead atoms. The highest BCUT2D eigenvalue weighted by Gasteiger charge is 2.22. The van der Waals surface area contributed by atoms with Crippen molar-refractivity contribution in [2.24, 2.45) is 11.0 Å². The number of aryl methyl sites for hydroxylation is 1. The molecule has 0 amide bonds. The molecule has 5 rings (SSSR count). The number of halogens is 1. The second kappa shape index (κ2) is 12.9. The zero-order chi connectivity index (χ0) is 25.5. The summed E-state index contributed by atoms with van der Waals surface area (Å²) in [6.07, 6.45) is 4.80. The zero-order valence-corrected chi connectivity index (χ0v) is 22.1. The fourth-order valence-corrected chi connectivity index (χ4v) is 4.42. The van der Waals surface area contributed by atoms with Crippen LogP contribution in [0.1, 0.15) is 29.5 Å². The van der Waals surface area contributed by atoms with E-state index in [2.05, 4.69) is 68.0 Å². The first-order valence-corrected chi connectivity index (χ1v) is 12.6. The molecule has 9 heteroatoms. The fourth-order valence-electron chi connectivity index (χ4n) is 4.42. The van der Waals surface area contributed by atoms with Crippen LogP contribution in [-0.4, -0.2) is 39.4 Å². The molecular formula is C29H32ClN7O. The van der Waals surface area contributed by atoms with Gasteiger partial charge in [-0.2, -0.15) is 20.1 Å². The van der Waals surface area contributed by atoms with Gasteiger partial charge in [0, 0.05) is 24.3 Å². The SMILES string of the molecule is Cc1ccc(Nc2nc(N/N=C/c3ccccc3O)nc(N3CCC(Cc4ccccc4)CC3)n2)cc1.Cl. The maximum Gasteiger partial charge on any atom is 0.250 e. The molecule has 0 unspecified atom stereocenters. The van der Waals surface area contributed by atoms with Gasteiger partial charge in [-0.15, -0.1) is 12.4 Å². The number of rotatable bonds is 8. The topological polar surface area (TPSA) is 98.6 Å². The van der Waals surface area contributed by atoms with Crippen LogP contribution in [0, 0.1) is 12.8 Å². The van der Waals surface area contributed by atoms with E-state index < -0.39 is 0 Å². The van der Waals surface area contributed by atoms with E-state index in [0.717, 1.165) is 38.0 Å². The smallest absolute Gasteiger partial charge is 0.250 e. The maximum atomic E-state index is 9.99. The molecule has 3 N–H and O–H groups in total. The Morgan fingerprint density at radius 1 is 0.895 bits per heavy atom. The van der Waals surface area contributed by atoms with Crippen LogP contribution < -0.4 is 15.6 Å². The van der Waals surface area contributed by atoms with Crippen molar-refractivity contribution in [1.82, 2.24) is 15.0 Å².